The molecule has 0 aromatic carbocycles. The van der Waals surface area contributed by atoms with E-state index in [0.717, 1.165) is 24.8 Å². The highest BCUT2D eigenvalue weighted by molar-refractivity contribution is 5.28. The van der Waals surface area contributed by atoms with Gasteiger partial charge in [0.1, 0.15) is 0 Å². The monoisotopic (exact) mass is 193 g/mol. The first-order valence-electron chi connectivity index (χ1n) is 5.59. The summed E-state index contributed by atoms with van der Waals surface area (Å²) < 4.78 is 2.19. The van der Waals surface area contributed by atoms with Crippen LogP contribution in [0.1, 0.15) is 33.1 Å². The van der Waals surface area contributed by atoms with Gasteiger partial charge in [0, 0.05) is 25.0 Å². The van der Waals surface area contributed by atoms with Gasteiger partial charge in [0.25, 0.3) is 0 Å². The standard InChI is InChI=1S/C11H19N3/c1-3-7-14-8-6-12-11(14)13-9(2)10-4-5-10/h6,8-10H,3-5,7H2,1-2H3,(H,12,13). The van der Waals surface area contributed by atoms with Crippen molar-refractivity contribution in [3.05, 3.63) is 12.4 Å². The van der Waals surface area contributed by atoms with Crippen LogP contribution in [0.15, 0.2) is 12.4 Å². The molecule has 1 N–H and O–H groups in total. The van der Waals surface area contributed by atoms with Crippen LogP contribution in [-0.2, 0) is 6.54 Å². The van der Waals surface area contributed by atoms with E-state index >= 15 is 0 Å². The van der Waals surface area contributed by atoms with Gasteiger partial charge in [-0.2, -0.15) is 0 Å². The molecule has 1 aromatic heterocycles. The van der Waals surface area contributed by atoms with E-state index in [-0.39, 0.29) is 0 Å². The van der Waals surface area contributed by atoms with Crippen LogP contribution in [-0.4, -0.2) is 15.6 Å². The summed E-state index contributed by atoms with van der Waals surface area (Å²) in [6.07, 6.45) is 7.83. The molecule has 1 aliphatic carbocycles. The summed E-state index contributed by atoms with van der Waals surface area (Å²) in [7, 11) is 0. The van der Waals surface area contributed by atoms with Crippen molar-refractivity contribution in [2.75, 3.05) is 5.32 Å². The Balaban J connectivity index is 1.96. The van der Waals surface area contributed by atoms with Gasteiger partial charge in [-0.05, 0) is 32.1 Å². The molecule has 1 aliphatic rings. The van der Waals surface area contributed by atoms with Gasteiger partial charge in [0.05, 0.1) is 0 Å². The predicted octanol–water partition coefficient (Wildman–Crippen LogP) is 2.50. The molecule has 0 spiro atoms. The van der Waals surface area contributed by atoms with E-state index in [1.165, 1.54) is 12.8 Å². The second-order valence-corrected chi connectivity index (χ2v) is 4.21. The number of nitrogens with zero attached hydrogens (tertiary/aromatic N) is 2. The van der Waals surface area contributed by atoms with E-state index in [9.17, 15) is 0 Å². The molecule has 0 radical (unpaired) electrons. The number of nitrogens with one attached hydrogen (secondary N) is 1. The van der Waals surface area contributed by atoms with Gasteiger partial charge in [-0.25, -0.2) is 4.98 Å². The van der Waals surface area contributed by atoms with Crippen molar-refractivity contribution in [1.82, 2.24) is 9.55 Å². The highest BCUT2D eigenvalue weighted by Crippen LogP contribution is 2.33. The van der Waals surface area contributed by atoms with Crippen molar-refractivity contribution in [3.63, 3.8) is 0 Å². The first-order valence-corrected chi connectivity index (χ1v) is 5.59. The van der Waals surface area contributed by atoms with Gasteiger partial charge >= 0.3 is 0 Å². The Morgan fingerprint density at radius 3 is 3.07 bits per heavy atom. The lowest BCUT2D eigenvalue weighted by molar-refractivity contribution is 0.645. The van der Waals surface area contributed by atoms with Crippen molar-refractivity contribution in [2.45, 2.75) is 45.7 Å². The Kier molecular flexibility index (Phi) is 2.75. The minimum atomic E-state index is 0.577. The second kappa shape index (κ2) is 4.03. The molecule has 3 nitrogen and oxygen atoms in total. The van der Waals surface area contributed by atoms with E-state index in [0.29, 0.717) is 6.04 Å². The zero-order valence-corrected chi connectivity index (χ0v) is 9.03. The molecule has 0 saturated heterocycles. The van der Waals surface area contributed by atoms with Gasteiger partial charge in [0.2, 0.25) is 5.95 Å². The van der Waals surface area contributed by atoms with Gasteiger partial charge in [0.15, 0.2) is 0 Å². The van der Waals surface area contributed by atoms with Gasteiger partial charge in [-0.3, -0.25) is 0 Å². The molecule has 1 heterocycles. The lowest BCUT2D eigenvalue weighted by atomic mass is 10.2. The lowest BCUT2D eigenvalue weighted by Crippen LogP contribution is -2.20. The Labute approximate surface area is 85.5 Å². The van der Waals surface area contributed by atoms with Crippen LogP contribution in [0.4, 0.5) is 5.95 Å². The molecule has 0 aliphatic heterocycles. The summed E-state index contributed by atoms with van der Waals surface area (Å²) in [5, 5.41) is 3.49. The predicted molar refractivity (Wildman–Crippen MR) is 58.3 cm³/mol. The zero-order valence-electron chi connectivity index (χ0n) is 9.03. The van der Waals surface area contributed by atoms with Crippen LogP contribution in [0, 0.1) is 5.92 Å². The largest absolute Gasteiger partial charge is 0.353 e. The first kappa shape index (κ1) is 9.56. The summed E-state index contributed by atoms with van der Waals surface area (Å²) >= 11 is 0. The Morgan fingerprint density at radius 1 is 1.64 bits per heavy atom. The molecule has 1 saturated carbocycles. The average Bonchev–Trinajstić information content (AvgIpc) is 2.93. The van der Waals surface area contributed by atoms with E-state index in [4.69, 9.17) is 0 Å². The quantitative estimate of drug-likeness (QED) is 0.778. The Morgan fingerprint density at radius 2 is 2.43 bits per heavy atom. The lowest BCUT2D eigenvalue weighted by Gasteiger charge is -2.14. The van der Waals surface area contributed by atoms with Crippen LogP contribution >= 0.6 is 0 Å². The Hall–Kier alpha value is -0.990. The molecule has 0 amide bonds. The van der Waals surface area contributed by atoms with E-state index in [1.54, 1.807) is 0 Å². The van der Waals surface area contributed by atoms with Crippen LogP contribution in [0.5, 0.6) is 0 Å². The van der Waals surface area contributed by atoms with Gasteiger partial charge < -0.3 is 9.88 Å². The minimum Gasteiger partial charge on any atom is -0.353 e. The molecule has 0 bridgehead atoms. The van der Waals surface area contributed by atoms with Gasteiger partial charge in [-0.1, -0.05) is 6.92 Å². The first-order chi connectivity index (χ1) is 6.81. The fourth-order valence-electron chi connectivity index (χ4n) is 1.79. The molecule has 3 heteroatoms. The van der Waals surface area contributed by atoms with Crippen molar-refractivity contribution < 1.29 is 0 Å². The number of anilines is 1. The smallest absolute Gasteiger partial charge is 0.202 e. The summed E-state index contributed by atoms with van der Waals surface area (Å²) in [5.41, 5.74) is 0. The SMILES string of the molecule is CCCn1ccnc1NC(C)C1CC1. The molecule has 2 rings (SSSR count). The fraction of sp³-hybridized carbons (Fsp3) is 0.727. The molecule has 1 aromatic rings. The molecular formula is C11H19N3. The topological polar surface area (TPSA) is 29.9 Å². The normalized spacial score (nSPS) is 18.1. The number of aromatic nitrogens is 2. The number of hydrogen-bond donors (Lipinski definition) is 1. The number of hydrogen-bond acceptors (Lipinski definition) is 2. The third kappa shape index (κ3) is 2.08. The molecule has 1 fully saturated rings. The highest BCUT2D eigenvalue weighted by atomic mass is 15.2. The summed E-state index contributed by atoms with van der Waals surface area (Å²) in [4.78, 5) is 4.34. The van der Waals surface area contributed by atoms with Crippen molar-refractivity contribution in [3.8, 4) is 0 Å². The van der Waals surface area contributed by atoms with Crippen LogP contribution in [0.3, 0.4) is 0 Å². The molecule has 1 atom stereocenters. The van der Waals surface area contributed by atoms with Crippen LogP contribution < -0.4 is 5.32 Å². The maximum Gasteiger partial charge on any atom is 0.202 e. The maximum atomic E-state index is 4.34. The highest BCUT2D eigenvalue weighted by Gasteiger charge is 2.28. The molecular weight excluding hydrogens is 174 g/mol. The third-order valence-electron chi connectivity index (χ3n) is 2.87. The molecule has 78 valence electrons. The second-order valence-electron chi connectivity index (χ2n) is 4.21. The summed E-state index contributed by atoms with van der Waals surface area (Å²) in [5.74, 6) is 1.91. The molecule has 14 heavy (non-hydrogen) atoms. The van der Waals surface area contributed by atoms with E-state index < -0.39 is 0 Å². The fourth-order valence-corrected chi connectivity index (χ4v) is 1.79. The summed E-state index contributed by atoms with van der Waals surface area (Å²) in [6, 6.07) is 0.577. The number of imidazole rings is 1. The molecule has 1 unspecified atom stereocenters. The van der Waals surface area contributed by atoms with Gasteiger partial charge in [-0.15, -0.1) is 0 Å². The van der Waals surface area contributed by atoms with Crippen LogP contribution in [0.2, 0.25) is 0 Å². The third-order valence-corrected chi connectivity index (χ3v) is 2.87. The van der Waals surface area contributed by atoms with E-state index in [2.05, 4.69) is 28.7 Å². The van der Waals surface area contributed by atoms with Crippen LogP contribution in [0.25, 0.3) is 0 Å². The average molecular weight is 193 g/mol. The van der Waals surface area contributed by atoms with Crippen molar-refractivity contribution >= 4 is 5.95 Å². The summed E-state index contributed by atoms with van der Waals surface area (Å²) in [6.45, 7) is 5.50. The van der Waals surface area contributed by atoms with E-state index in [1.807, 2.05) is 12.4 Å². The van der Waals surface area contributed by atoms with Crippen molar-refractivity contribution in [1.29, 1.82) is 0 Å². The maximum absolute atomic E-state index is 4.34. The Bertz CT molecular complexity index is 288. The number of aryl methyl sites for hydroxylation is 1. The number of rotatable bonds is 5. The zero-order chi connectivity index (χ0) is 9.97. The van der Waals surface area contributed by atoms with Crippen molar-refractivity contribution in [2.24, 2.45) is 5.92 Å². The minimum absolute atomic E-state index is 0.577.